The Balaban J connectivity index is 1.55. The molecule has 0 aliphatic carbocycles. The summed E-state index contributed by atoms with van der Waals surface area (Å²) in [5.41, 5.74) is 2.61. The lowest BCUT2D eigenvalue weighted by Gasteiger charge is -2.18. The molecule has 3 aromatic rings. The number of carbonyl (C=O) groups excluding carboxylic acids is 2. The second-order valence-electron chi connectivity index (χ2n) is 6.18. The third kappa shape index (κ3) is 3.22. The Morgan fingerprint density at radius 2 is 2.04 bits per heavy atom. The lowest BCUT2D eigenvalue weighted by atomic mass is 10.2. The highest BCUT2D eigenvalue weighted by molar-refractivity contribution is 9.10. The van der Waals surface area contributed by atoms with Crippen LogP contribution in [0.1, 0.15) is 23.3 Å². The lowest BCUT2D eigenvalue weighted by molar-refractivity contribution is -0.117. The number of halogens is 2. The lowest BCUT2D eigenvalue weighted by Crippen LogP contribution is -2.24. The van der Waals surface area contributed by atoms with Gasteiger partial charge in [-0.15, -0.1) is 0 Å². The fourth-order valence-corrected chi connectivity index (χ4v) is 3.77. The van der Waals surface area contributed by atoms with Crippen LogP contribution < -0.4 is 10.2 Å². The summed E-state index contributed by atoms with van der Waals surface area (Å²) >= 11 is 9.74. The number of carbonyl (C=O) groups is 2. The van der Waals surface area contributed by atoms with Gasteiger partial charge < -0.3 is 15.2 Å². The molecule has 26 heavy (non-hydrogen) atoms. The fourth-order valence-electron chi connectivity index (χ4n) is 3.13. The van der Waals surface area contributed by atoms with Crippen molar-refractivity contribution in [3.8, 4) is 0 Å². The molecule has 1 aliphatic rings. The van der Waals surface area contributed by atoms with E-state index in [1.54, 1.807) is 29.2 Å². The second kappa shape index (κ2) is 6.78. The van der Waals surface area contributed by atoms with Gasteiger partial charge in [0.25, 0.3) is 5.91 Å². The molecule has 0 radical (unpaired) electrons. The first-order chi connectivity index (χ1) is 12.5. The number of amides is 2. The van der Waals surface area contributed by atoms with Crippen LogP contribution in [-0.4, -0.2) is 23.3 Å². The summed E-state index contributed by atoms with van der Waals surface area (Å²) in [6, 6.07) is 12.8. The molecule has 2 N–H and O–H groups in total. The van der Waals surface area contributed by atoms with Crippen molar-refractivity contribution >= 4 is 61.6 Å². The Hall–Kier alpha value is -2.31. The molecule has 0 spiro atoms. The molecule has 0 bridgehead atoms. The molecule has 7 heteroatoms. The Morgan fingerprint density at radius 3 is 2.77 bits per heavy atom. The van der Waals surface area contributed by atoms with Gasteiger partial charge in [0, 0.05) is 34.0 Å². The molecule has 0 atom stereocenters. The first-order valence-electron chi connectivity index (χ1n) is 8.21. The van der Waals surface area contributed by atoms with Gasteiger partial charge in [-0.3, -0.25) is 9.59 Å². The zero-order valence-electron chi connectivity index (χ0n) is 13.7. The molecule has 4 rings (SSSR count). The van der Waals surface area contributed by atoms with E-state index in [2.05, 4.69) is 26.2 Å². The number of nitrogens with one attached hydrogen (secondary N) is 2. The molecule has 1 fully saturated rings. The average Bonchev–Trinajstić information content (AvgIpc) is 3.21. The van der Waals surface area contributed by atoms with Crippen molar-refractivity contribution < 1.29 is 9.59 Å². The zero-order chi connectivity index (χ0) is 18.3. The molecule has 1 aliphatic heterocycles. The van der Waals surface area contributed by atoms with Crippen LogP contribution in [0.5, 0.6) is 0 Å². The molecular formula is C19H15BrClN3O2. The number of benzene rings is 2. The summed E-state index contributed by atoms with van der Waals surface area (Å²) in [4.78, 5) is 29.2. The molecule has 1 aromatic heterocycles. The Bertz CT molecular complexity index is 1030. The summed E-state index contributed by atoms with van der Waals surface area (Å²) in [6.45, 7) is 0.675. The molecule has 5 nitrogen and oxygen atoms in total. The topological polar surface area (TPSA) is 65.2 Å². The number of aromatic nitrogens is 1. The molecule has 2 amide bonds. The van der Waals surface area contributed by atoms with Gasteiger partial charge in [-0.25, -0.2) is 0 Å². The summed E-state index contributed by atoms with van der Waals surface area (Å²) in [6.07, 6.45) is 1.38. The number of fused-ring (bicyclic) bond motifs is 1. The van der Waals surface area contributed by atoms with E-state index in [1.165, 1.54) is 0 Å². The zero-order valence-corrected chi connectivity index (χ0v) is 16.0. The van der Waals surface area contributed by atoms with Crippen molar-refractivity contribution in [1.29, 1.82) is 0 Å². The molecule has 0 saturated carbocycles. The van der Waals surface area contributed by atoms with Crippen molar-refractivity contribution in [2.24, 2.45) is 0 Å². The van der Waals surface area contributed by atoms with Crippen molar-refractivity contribution in [2.75, 3.05) is 16.8 Å². The van der Waals surface area contributed by atoms with Crippen LogP contribution >= 0.6 is 27.5 Å². The maximum Gasteiger partial charge on any atom is 0.272 e. The van der Waals surface area contributed by atoms with E-state index in [9.17, 15) is 9.59 Å². The number of hydrogen-bond acceptors (Lipinski definition) is 2. The predicted octanol–water partition coefficient (Wildman–Crippen LogP) is 4.96. The van der Waals surface area contributed by atoms with E-state index in [0.717, 1.165) is 21.8 Å². The van der Waals surface area contributed by atoms with Gasteiger partial charge in [0.15, 0.2) is 0 Å². The normalized spacial score (nSPS) is 14.2. The number of rotatable bonds is 3. The van der Waals surface area contributed by atoms with Crippen LogP contribution in [0.25, 0.3) is 10.9 Å². The fraction of sp³-hybridized carbons (Fsp3) is 0.158. The molecule has 0 unspecified atom stereocenters. The minimum Gasteiger partial charge on any atom is -0.350 e. The van der Waals surface area contributed by atoms with Gasteiger partial charge in [0.1, 0.15) is 5.69 Å². The predicted molar refractivity (Wildman–Crippen MR) is 107 cm³/mol. The van der Waals surface area contributed by atoms with Crippen LogP contribution in [-0.2, 0) is 4.79 Å². The minimum absolute atomic E-state index is 0.0768. The van der Waals surface area contributed by atoms with Crippen molar-refractivity contribution in [3.63, 3.8) is 0 Å². The number of H-pyrrole nitrogens is 1. The third-order valence-corrected chi connectivity index (χ3v) is 5.19. The highest BCUT2D eigenvalue weighted by Crippen LogP contribution is 2.32. The monoisotopic (exact) mass is 431 g/mol. The first-order valence-corrected chi connectivity index (χ1v) is 9.38. The largest absolute Gasteiger partial charge is 0.350 e. The van der Waals surface area contributed by atoms with Crippen molar-refractivity contribution in [2.45, 2.75) is 12.8 Å². The summed E-state index contributed by atoms with van der Waals surface area (Å²) < 4.78 is 0.942. The van der Waals surface area contributed by atoms with Crippen molar-refractivity contribution in [3.05, 3.63) is 57.7 Å². The van der Waals surface area contributed by atoms with Gasteiger partial charge in [-0.2, -0.15) is 0 Å². The number of nitrogens with zero attached hydrogens (tertiary/aromatic N) is 1. The van der Waals surface area contributed by atoms with Gasteiger partial charge in [-0.1, -0.05) is 33.6 Å². The van der Waals surface area contributed by atoms with Crippen LogP contribution in [0.3, 0.4) is 0 Å². The number of aromatic amines is 1. The van der Waals surface area contributed by atoms with Gasteiger partial charge in [0.05, 0.1) is 10.7 Å². The quantitative estimate of drug-likeness (QED) is 0.614. The number of hydrogen-bond donors (Lipinski definition) is 2. The SMILES string of the molecule is O=C(Nc1ccc(N2CCCC2=O)c(Cl)c1)c1cc2ccc(Br)cc2[nH]1. The van der Waals surface area contributed by atoms with Crippen LogP contribution in [0.4, 0.5) is 11.4 Å². The number of anilines is 2. The van der Waals surface area contributed by atoms with E-state index in [1.807, 2.05) is 18.2 Å². The maximum atomic E-state index is 12.5. The van der Waals surface area contributed by atoms with Crippen LogP contribution in [0, 0.1) is 0 Å². The van der Waals surface area contributed by atoms with E-state index in [0.29, 0.717) is 35.1 Å². The third-order valence-electron chi connectivity index (χ3n) is 4.40. The van der Waals surface area contributed by atoms with Crippen molar-refractivity contribution in [1.82, 2.24) is 4.98 Å². The van der Waals surface area contributed by atoms with E-state index in [-0.39, 0.29) is 11.8 Å². The Labute approximate surface area is 163 Å². The molecular weight excluding hydrogens is 418 g/mol. The summed E-state index contributed by atoms with van der Waals surface area (Å²) in [5, 5.41) is 4.23. The molecule has 2 aromatic carbocycles. The molecule has 132 valence electrons. The van der Waals surface area contributed by atoms with Gasteiger partial charge in [0.2, 0.25) is 5.91 Å². The van der Waals surface area contributed by atoms with Gasteiger partial charge >= 0.3 is 0 Å². The minimum atomic E-state index is -0.251. The Morgan fingerprint density at radius 1 is 1.19 bits per heavy atom. The highest BCUT2D eigenvalue weighted by Gasteiger charge is 2.23. The molecule has 1 saturated heterocycles. The summed E-state index contributed by atoms with van der Waals surface area (Å²) in [5.74, 6) is -0.175. The maximum absolute atomic E-state index is 12.5. The van der Waals surface area contributed by atoms with E-state index >= 15 is 0 Å². The van der Waals surface area contributed by atoms with Crippen LogP contribution in [0.15, 0.2) is 46.9 Å². The first kappa shape index (κ1) is 17.1. The average molecular weight is 433 g/mol. The Kier molecular flexibility index (Phi) is 4.46. The van der Waals surface area contributed by atoms with E-state index in [4.69, 9.17) is 11.6 Å². The summed E-state index contributed by atoms with van der Waals surface area (Å²) in [7, 11) is 0. The standard InChI is InChI=1S/C19H15BrClN3O2/c20-12-4-3-11-8-16(23-15(11)9-12)19(26)22-13-5-6-17(14(21)10-13)24-7-1-2-18(24)25/h3-6,8-10,23H,1-2,7H2,(H,22,26). The smallest absolute Gasteiger partial charge is 0.272 e. The van der Waals surface area contributed by atoms with Crippen LogP contribution in [0.2, 0.25) is 5.02 Å². The molecule has 2 heterocycles. The highest BCUT2D eigenvalue weighted by atomic mass is 79.9. The van der Waals surface area contributed by atoms with Gasteiger partial charge in [-0.05, 0) is 42.8 Å². The van der Waals surface area contributed by atoms with E-state index < -0.39 is 0 Å². The second-order valence-corrected chi connectivity index (χ2v) is 7.51.